The molecule has 0 saturated carbocycles. The molecular formula is C14H16FNO4. The lowest BCUT2D eigenvalue weighted by molar-refractivity contribution is 0.0600. The summed E-state index contributed by atoms with van der Waals surface area (Å²) in [5.74, 6) is -0.772. The van der Waals surface area contributed by atoms with Crippen molar-refractivity contribution in [2.75, 3.05) is 20.2 Å². The van der Waals surface area contributed by atoms with Gasteiger partial charge >= 0.3 is 12.1 Å². The summed E-state index contributed by atoms with van der Waals surface area (Å²) in [6.07, 6.45) is -1.89. The van der Waals surface area contributed by atoms with Gasteiger partial charge in [0.1, 0.15) is 6.17 Å². The van der Waals surface area contributed by atoms with Crippen LogP contribution in [0.1, 0.15) is 28.3 Å². The highest BCUT2D eigenvalue weighted by atomic mass is 19.1. The van der Waals surface area contributed by atoms with Gasteiger partial charge in [0.05, 0.1) is 19.2 Å². The summed E-state index contributed by atoms with van der Waals surface area (Å²) in [5.41, 5.74) is 1.19. The number of rotatable bonds is 2. The van der Waals surface area contributed by atoms with Crippen LogP contribution in [0.15, 0.2) is 24.3 Å². The van der Waals surface area contributed by atoms with Crippen LogP contribution in [0.4, 0.5) is 9.18 Å². The molecule has 20 heavy (non-hydrogen) atoms. The number of hydrogen-bond acceptors (Lipinski definition) is 3. The van der Waals surface area contributed by atoms with Gasteiger partial charge < -0.3 is 14.7 Å². The summed E-state index contributed by atoms with van der Waals surface area (Å²) in [6.45, 7) is 0.206. The molecular weight excluding hydrogens is 265 g/mol. The van der Waals surface area contributed by atoms with Gasteiger partial charge in [-0.05, 0) is 24.1 Å². The summed E-state index contributed by atoms with van der Waals surface area (Å²) in [7, 11) is 1.30. The molecule has 2 rings (SSSR count). The van der Waals surface area contributed by atoms with Crippen molar-refractivity contribution in [2.45, 2.75) is 18.5 Å². The largest absolute Gasteiger partial charge is 0.465 e. The molecule has 0 aliphatic carbocycles. The van der Waals surface area contributed by atoms with E-state index >= 15 is 0 Å². The molecule has 108 valence electrons. The van der Waals surface area contributed by atoms with E-state index < -0.39 is 18.2 Å². The van der Waals surface area contributed by atoms with Crippen LogP contribution >= 0.6 is 0 Å². The third-order valence-corrected chi connectivity index (χ3v) is 3.57. The predicted octanol–water partition coefficient (Wildman–Crippen LogP) is 2.28. The molecule has 1 saturated heterocycles. The zero-order valence-electron chi connectivity index (χ0n) is 11.1. The van der Waals surface area contributed by atoms with Crippen molar-refractivity contribution in [1.82, 2.24) is 4.90 Å². The average molecular weight is 281 g/mol. The van der Waals surface area contributed by atoms with E-state index in [9.17, 15) is 14.0 Å². The maximum atomic E-state index is 14.1. The van der Waals surface area contributed by atoms with Crippen LogP contribution in [0, 0.1) is 0 Å². The maximum absolute atomic E-state index is 14.1. The van der Waals surface area contributed by atoms with E-state index in [0.29, 0.717) is 18.5 Å². The number of carbonyl (C=O) groups is 2. The average Bonchev–Trinajstić information content (AvgIpc) is 2.46. The van der Waals surface area contributed by atoms with Crippen LogP contribution in [0.25, 0.3) is 0 Å². The number of esters is 1. The standard InChI is InChI=1S/C14H16FNO4/c1-20-13(17)10-4-2-9(3-5-10)11-6-7-16(14(18)19)8-12(11)15/h2-5,11-12H,6-8H2,1H3,(H,18,19). The molecule has 1 aromatic carbocycles. The fourth-order valence-electron chi connectivity index (χ4n) is 2.44. The molecule has 0 radical (unpaired) electrons. The summed E-state index contributed by atoms with van der Waals surface area (Å²) in [5, 5.41) is 8.85. The first-order valence-corrected chi connectivity index (χ1v) is 6.33. The number of carboxylic acid groups (broad SMARTS) is 1. The first-order valence-electron chi connectivity index (χ1n) is 6.33. The van der Waals surface area contributed by atoms with Crippen LogP contribution in [-0.4, -0.2) is 48.4 Å². The van der Waals surface area contributed by atoms with Crippen LogP contribution in [-0.2, 0) is 4.74 Å². The zero-order chi connectivity index (χ0) is 14.7. The van der Waals surface area contributed by atoms with Gasteiger partial charge in [0.25, 0.3) is 0 Å². The minimum Gasteiger partial charge on any atom is -0.465 e. The fraction of sp³-hybridized carbons (Fsp3) is 0.429. The van der Waals surface area contributed by atoms with E-state index in [2.05, 4.69) is 4.74 Å². The molecule has 1 amide bonds. The molecule has 6 heteroatoms. The van der Waals surface area contributed by atoms with Gasteiger partial charge in [-0.15, -0.1) is 0 Å². The Morgan fingerprint density at radius 2 is 2.00 bits per heavy atom. The van der Waals surface area contributed by atoms with Gasteiger partial charge in [-0.25, -0.2) is 14.0 Å². The molecule has 1 aliphatic rings. The number of ether oxygens (including phenoxy) is 1. The van der Waals surface area contributed by atoms with Gasteiger partial charge in [0.2, 0.25) is 0 Å². The lowest BCUT2D eigenvalue weighted by Crippen LogP contribution is -2.43. The van der Waals surface area contributed by atoms with Crippen molar-refractivity contribution in [3.8, 4) is 0 Å². The van der Waals surface area contributed by atoms with Gasteiger partial charge in [-0.3, -0.25) is 0 Å². The van der Waals surface area contributed by atoms with Crippen molar-refractivity contribution in [3.63, 3.8) is 0 Å². The fourth-order valence-corrected chi connectivity index (χ4v) is 2.44. The van der Waals surface area contributed by atoms with Crippen molar-refractivity contribution >= 4 is 12.1 Å². The number of amides is 1. The number of methoxy groups -OCH3 is 1. The molecule has 5 nitrogen and oxygen atoms in total. The summed E-state index contributed by atoms with van der Waals surface area (Å²) < 4.78 is 18.7. The number of nitrogens with zero attached hydrogens (tertiary/aromatic N) is 1. The van der Waals surface area contributed by atoms with Crippen molar-refractivity contribution in [3.05, 3.63) is 35.4 Å². The summed E-state index contributed by atoms with van der Waals surface area (Å²) >= 11 is 0. The molecule has 0 bridgehead atoms. The lowest BCUT2D eigenvalue weighted by atomic mass is 9.87. The third kappa shape index (κ3) is 2.89. The van der Waals surface area contributed by atoms with Crippen LogP contribution < -0.4 is 0 Å². The van der Waals surface area contributed by atoms with Crippen LogP contribution in [0.5, 0.6) is 0 Å². The minimum atomic E-state index is -1.23. The van der Waals surface area contributed by atoms with Crippen LogP contribution in [0.3, 0.4) is 0 Å². The second-order valence-electron chi connectivity index (χ2n) is 4.75. The topological polar surface area (TPSA) is 66.8 Å². The minimum absolute atomic E-state index is 0.112. The Morgan fingerprint density at radius 3 is 2.50 bits per heavy atom. The van der Waals surface area contributed by atoms with Gasteiger partial charge in [-0.2, -0.15) is 0 Å². The highest BCUT2D eigenvalue weighted by Gasteiger charge is 2.32. The number of halogens is 1. The third-order valence-electron chi connectivity index (χ3n) is 3.57. The van der Waals surface area contributed by atoms with E-state index in [1.165, 1.54) is 7.11 Å². The Hall–Kier alpha value is -2.11. The normalized spacial score (nSPS) is 22.4. The first-order chi connectivity index (χ1) is 9.52. The van der Waals surface area contributed by atoms with Crippen LogP contribution in [0.2, 0.25) is 0 Å². The first kappa shape index (κ1) is 14.3. The molecule has 1 fully saturated rings. The molecule has 1 heterocycles. The van der Waals surface area contributed by atoms with Gasteiger partial charge in [0, 0.05) is 12.5 Å². The van der Waals surface area contributed by atoms with Crippen molar-refractivity contribution in [2.24, 2.45) is 0 Å². The van der Waals surface area contributed by atoms with E-state index in [0.717, 1.165) is 10.5 Å². The van der Waals surface area contributed by atoms with Crippen molar-refractivity contribution in [1.29, 1.82) is 0 Å². The SMILES string of the molecule is COC(=O)c1ccc(C2CCN(C(=O)O)CC2F)cc1. The molecule has 1 N–H and O–H groups in total. The monoisotopic (exact) mass is 281 g/mol. The predicted molar refractivity (Wildman–Crippen MR) is 69.6 cm³/mol. The second-order valence-corrected chi connectivity index (χ2v) is 4.75. The highest BCUT2D eigenvalue weighted by Crippen LogP contribution is 2.30. The van der Waals surface area contributed by atoms with Gasteiger partial charge in [-0.1, -0.05) is 12.1 Å². The van der Waals surface area contributed by atoms with E-state index in [-0.39, 0.29) is 12.5 Å². The Bertz CT molecular complexity index is 502. The lowest BCUT2D eigenvalue weighted by Gasteiger charge is -2.33. The van der Waals surface area contributed by atoms with E-state index in [4.69, 9.17) is 5.11 Å². The molecule has 0 aromatic heterocycles. The van der Waals surface area contributed by atoms with E-state index in [1.54, 1.807) is 24.3 Å². The Morgan fingerprint density at radius 1 is 1.35 bits per heavy atom. The van der Waals surface area contributed by atoms with Crippen molar-refractivity contribution < 1.29 is 23.8 Å². The molecule has 2 atom stereocenters. The number of benzene rings is 1. The number of piperidine rings is 1. The second kappa shape index (κ2) is 5.90. The Labute approximate surface area is 116 Å². The van der Waals surface area contributed by atoms with Gasteiger partial charge in [0.15, 0.2) is 0 Å². The summed E-state index contributed by atoms with van der Waals surface area (Å²) in [4.78, 5) is 23.2. The quantitative estimate of drug-likeness (QED) is 0.844. The maximum Gasteiger partial charge on any atom is 0.407 e. The molecule has 2 unspecified atom stereocenters. The molecule has 0 spiro atoms. The number of likely N-dealkylation sites (tertiary alicyclic amines) is 1. The zero-order valence-corrected chi connectivity index (χ0v) is 11.1. The Kier molecular flexibility index (Phi) is 4.22. The molecule has 1 aromatic rings. The highest BCUT2D eigenvalue weighted by molar-refractivity contribution is 5.89. The smallest absolute Gasteiger partial charge is 0.407 e. The number of hydrogen-bond donors (Lipinski definition) is 1. The molecule has 1 aliphatic heterocycles. The van der Waals surface area contributed by atoms with E-state index in [1.807, 2.05) is 0 Å². The summed E-state index contributed by atoms with van der Waals surface area (Å²) in [6, 6.07) is 6.58. The number of carbonyl (C=O) groups excluding carboxylic acids is 1. The number of alkyl halides is 1. The Balaban J connectivity index is 2.09.